The minimum absolute atomic E-state index is 0.924. The van der Waals surface area contributed by atoms with E-state index in [2.05, 4.69) is 6.58 Å². The fourth-order valence-corrected chi connectivity index (χ4v) is 1.20. The first-order valence-corrected chi connectivity index (χ1v) is 4.21. The molecular formula is C11H10N4. The van der Waals surface area contributed by atoms with Crippen LogP contribution >= 0.6 is 0 Å². The lowest BCUT2D eigenvalue weighted by molar-refractivity contribution is 0.234. The molecule has 0 atom stereocenters. The average Bonchev–Trinajstić information content (AvgIpc) is 2.25. The molecule has 0 bridgehead atoms. The van der Waals surface area contributed by atoms with Crippen LogP contribution in [-0.4, -0.2) is 0 Å². The summed E-state index contributed by atoms with van der Waals surface area (Å²) in [5, 5.41) is 35.7. The molecule has 0 saturated carbocycles. The zero-order chi connectivity index (χ0) is 12.1. The van der Waals surface area contributed by atoms with Crippen LogP contribution in [0.4, 0.5) is 0 Å². The van der Waals surface area contributed by atoms with Crippen LogP contribution in [0.15, 0.2) is 12.7 Å². The highest BCUT2D eigenvalue weighted by atomic mass is 14.5. The maximum absolute atomic E-state index is 9.05. The Bertz CT molecular complexity index is 391. The van der Waals surface area contributed by atoms with Crippen LogP contribution in [0.1, 0.15) is 13.8 Å². The second-order valence-electron chi connectivity index (χ2n) is 3.65. The van der Waals surface area contributed by atoms with Crippen molar-refractivity contribution in [3.8, 4) is 24.3 Å². The Labute approximate surface area is 89.3 Å². The van der Waals surface area contributed by atoms with E-state index in [0.717, 1.165) is 0 Å². The Hall–Kier alpha value is -2.30. The quantitative estimate of drug-likeness (QED) is 0.647. The van der Waals surface area contributed by atoms with Gasteiger partial charge in [-0.25, -0.2) is 0 Å². The molecule has 0 aromatic rings. The van der Waals surface area contributed by atoms with E-state index in [1.807, 2.05) is 0 Å². The Morgan fingerprint density at radius 1 is 1.07 bits per heavy atom. The monoisotopic (exact) mass is 198 g/mol. The van der Waals surface area contributed by atoms with E-state index in [0.29, 0.717) is 0 Å². The first kappa shape index (κ1) is 12.7. The fraction of sp³-hybridized carbons (Fsp3) is 0.455. The van der Waals surface area contributed by atoms with Gasteiger partial charge in [0.2, 0.25) is 0 Å². The lowest BCUT2D eigenvalue weighted by atomic mass is 9.61. The molecule has 0 unspecified atom stereocenters. The van der Waals surface area contributed by atoms with E-state index in [1.54, 1.807) is 38.1 Å². The fourth-order valence-electron chi connectivity index (χ4n) is 1.20. The van der Waals surface area contributed by atoms with Crippen molar-refractivity contribution in [3.63, 3.8) is 0 Å². The largest absolute Gasteiger partial charge is 0.197 e. The molecule has 0 saturated heterocycles. The van der Waals surface area contributed by atoms with E-state index < -0.39 is 16.7 Å². The lowest BCUT2D eigenvalue weighted by Crippen LogP contribution is -2.39. The van der Waals surface area contributed by atoms with E-state index in [-0.39, 0.29) is 0 Å². The molecule has 4 heteroatoms. The second-order valence-corrected chi connectivity index (χ2v) is 3.65. The second kappa shape index (κ2) is 4.28. The van der Waals surface area contributed by atoms with Gasteiger partial charge < -0.3 is 0 Å². The Balaban J connectivity index is 5.84. The molecule has 0 N–H and O–H groups in total. The first-order chi connectivity index (χ1) is 6.95. The molecule has 4 nitrogen and oxygen atoms in total. The molecular weight excluding hydrogens is 188 g/mol. The van der Waals surface area contributed by atoms with Crippen LogP contribution in [0.3, 0.4) is 0 Å². The van der Waals surface area contributed by atoms with Crippen LogP contribution in [0.5, 0.6) is 0 Å². The van der Waals surface area contributed by atoms with E-state index in [4.69, 9.17) is 21.0 Å². The highest BCUT2D eigenvalue weighted by Gasteiger charge is 2.51. The highest BCUT2D eigenvalue weighted by molar-refractivity contribution is 5.32. The van der Waals surface area contributed by atoms with Gasteiger partial charge in [-0.15, -0.1) is 6.58 Å². The summed E-state index contributed by atoms with van der Waals surface area (Å²) < 4.78 is 0. The highest BCUT2D eigenvalue weighted by Crippen LogP contribution is 2.44. The van der Waals surface area contributed by atoms with Crippen LogP contribution in [-0.2, 0) is 0 Å². The molecule has 15 heavy (non-hydrogen) atoms. The van der Waals surface area contributed by atoms with Gasteiger partial charge in [-0.1, -0.05) is 19.9 Å². The summed E-state index contributed by atoms with van der Waals surface area (Å²) in [7, 11) is 0. The maximum atomic E-state index is 9.05. The SMILES string of the molecule is C=CC(C)(C)C(C#N)(C#N)C(C#N)C#N. The van der Waals surface area contributed by atoms with Gasteiger partial charge in [0, 0.05) is 5.41 Å². The van der Waals surface area contributed by atoms with Gasteiger partial charge >= 0.3 is 0 Å². The van der Waals surface area contributed by atoms with Gasteiger partial charge in [-0.3, -0.25) is 0 Å². The van der Waals surface area contributed by atoms with Crippen molar-refractivity contribution in [2.24, 2.45) is 16.7 Å². The summed E-state index contributed by atoms with van der Waals surface area (Å²) in [4.78, 5) is 0. The minimum Gasteiger partial charge on any atom is -0.197 e. The molecule has 0 aromatic heterocycles. The maximum Gasteiger partial charge on any atom is 0.180 e. The van der Waals surface area contributed by atoms with Gasteiger partial charge in [-0.2, -0.15) is 21.0 Å². The number of nitrogens with zero attached hydrogens (tertiary/aromatic N) is 4. The van der Waals surface area contributed by atoms with Crippen LogP contribution in [0, 0.1) is 62.1 Å². The van der Waals surface area contributed by atoms with E-state index >= 15 is 0 Å². The topological polar surface area (TPSA) is 95.2 Å². The number of allylic oxidation sites excluding steroid dienone is 1. The van der Waals surface area contributed by atoms with Crippen LogP contribution in [0.25, 0.3) is 0 Å². The van der Waals surface area contributed by atoms with Crippen molar-refractivity contribution in [1.82, 2.24) is 0 Å². The summed E-state index contributed by atoms with van der Waals surface area (Å²) in [5.41, 5.74) is -2.61. The smallest absolute Gasteiger partial charge is 0.180 e. The molecule has 0 aliphatic heterocycles. The third kappa shape index (κ3) is 1.67. The predicted octanol–water partition coefficient (Wildman–Crippen LogP) is 1.90. The first-order valence-electron chi connectivity index (χ1n) is 4.21. The molecule has 0 spiro atoms. The summed E-state index contributed by atoms with van der Waals surface area (Å²) in [5.74, 6) is -1.29. The molecule has 0 aliphatic carbocycles. The Morgan fingerprint density at radius 3 is 1.67 bits per heavy atom. The summed E-state index contributed by atoms with van der Waals surface area (Å²) in [6.07, 6.45) is 1.42. The van der Waals surface area contributed by atoms with Gasteiger partial charge in [0.15, 0.2) is 11.3 Å². The van der Waals surface area contributed by atoms with Crippen molar-refractivity contribution >= 4 is 0 Å². The van der Waals surface area contributed by atoms with Gasteiger partial charge in [0.25, 0.3) is 0 Å². The van der Waals surface area contributed by atoms with E-state index in [9.17, 15) is 0 Å². The molecule has 74 valence electrons. The molecule has 0 rings (SSSR count). The van der Waals surface area contributed by atoms with Crippen LogP contribution in [0.2, 0.25) is 0 Å². The normalized spacial score (nSPS) is 10.6. The van der Waals surface area contributed by atoms with Crippen molar-refractivity contribution < 1.29 is 0 Å². The van der Waals surface area contributed by atoms with E-state index in [1.165, 1.54) is 6.08 Å². The molecule has 0 fully saturated rings. The Kier molecular flexibility index (Phi) is 3.62. The summed E-state index contributed by atoms with van der Waals surface area (Å²) >= 11 is 0. The van der Waals surface area contributed by atoms with Crippen molar-refractivity contribution in [1.29, 1.82) is 21.0 Å². The van der Waals surface area contributed by atoms with Crippen molar-refractivity contribution in [3.05, 3.63) is 12.7 Å². The van der Waals surface area contributed by atoms with Gasteiger partial charge in [0.05, 0.1) is 24.3 Å². The average molecular weight is 198 g/mol. The number of rotatable bonds is 3. The number of nitriles is 4. The zero-order valence-electron chi connectivity index (χ0n) is 8.65. The lowest BCUT2D eigenvalue weighted by Gasteiger charge is -2.33. The third-order valence-electron chi connectivity index (χ3n) is 2.57. The standard InChI is InChI=1S/C11H10N4/c1-4-10(2,3)11(7-14,8-15)9(5-12)6-13/h4,9H,1H2,2-3H3. The third-order valence-corrected chi connectivity index (χ3v) is 2.57. The van der Waals surface area contributed by atoms with Crippen molar-refractivity contribution in [2.45, 2.75) is 13.8 Å². The molecule has 0 aromatic carbocycles. The van der Waals surface area contributed by atoms with Crippen molar-refractivity contribution in [2.75, 3.05) is 0 Å². The number of hydrogen-bond acceptors (Lipinski definition) is 4. The summed E-state index contributed by atoms with van der Waals surface area (Å²) in [6, 6.07) is 6.92. The molecule has 0 amide bonds. The molecule has 0 heterocycles. The molecule has 0 aliphatic rings. The summed E-state index contributed by atoms with van der Waals surface area (Å²) in [6.45, 7) is 6.73. The minimum atomic E-state index is -1.68. The Morgan fingerprint density at radius 2 is 1.47 bits per heavy atom. The van der Waals surface area contributed by atoms with Gasteiger partial charge in [-0.05, 0) is 0 Å². The molecule has 0 radical (unpaired) electrons. The van der Waals surface area contributed by atoms with Gasteiger partial charge in [0.1, 0.15) is 0 Å². The zero-order valence-corrected chi connectivity index (χ0v) is 8.65. The predicted molar refractivity (Wildman–Crippen MR) is 52.4 cm³/mol. The van der Waals surface area contributed by atoms with Crippen LogP contribution < -0.4 is 0 Å². The number of hydrogen-bond donors (Lipinski definition) is 0.